The van der Waals surface area contributed by atoms with Gasteiger partial charge in [-0.3, -0.25) is 14.5 Å². The van der Waals surface area contributed by atoms with Crippen LogP contribution in [0, 0.1) is 6.92 Å². The lowest BCUT2D eigenvalue weighted by molar-refractivity contribution is -0.274. The fourth-order valence-corrected chi connectivity index (χ4v) is 5.55. The number of benzene rings is 2. The van der Waals surface area contributed by atoms with Gasteiger partial charge in [-0.05, 0) is 70.5 Å². The molecule has 2 aromatic carbocycles. The molecule has 0 aromatic heterocycles. The number of nitrogens with zero attached hydrogens (tertiary/aromatic N) is 1. The summed E-state index contributed by atoms with van der Waals surface area (Å²) in [6.45, 7) is 10.5. The Labute approximate surface area is 201 Å². The number of halogens is 3. The lowest BCUT2D eigenvalue weighted by Crippen LogP contribution is -2.34. The Balaban J connectivity index is 1.82. The highest BCUT2D eigenvalue weighted by atomic mass is 32.2. The summed E-state index contributed by atoms with van der Waals surface area (Å²) in [5, 5.41) is -0.400. The third-order valence-corrected chi connectivity index (χ3v) is 7.80. The van der Waals surface area contributed by atoms with Gasteiger partial charge >= 0.3 is 6.36 Å². The van der Waals surface area contributed by atoms with Crippen molar-refractivity contribution in [3.05, 3.63) is 52.6 Å². The summed E-state index contributed by atoms with van der Waals surface area (Å²) >= 11 is 0.888. The first kappa shape index (κ1) is 24.6. The number of ether oxygens (including phenoxy) is 1. The Morgan fingerprint density at radius 3 is 2.15 bits per heavy atom. The Kier molecular flexibility index (Phi) is 6.03. The molecule has 0 spiro atoms. The van der Waals surface area contributed by atoms with Crippen molar-refractivity contribution < 1.29 is 27.5 Å². The molecule has 2 amide bonds. The molecule has 2 aliphatic rings. The molecule has 1 fully saturated rings. The number of thioether (sulfide) groups is 1. The van der Waals surface area contributed by atoms with Crippen molar-refractivity contribution in [3.63, 3.8) is 0 Å². The van der Waals surface area contributed by atoms with Gasteiger partial charge in [0.15, 0.2) is 0 Å². The maximum Gasteiger partial charge on any atom is 0.573 e. The van der Waals surface area contributed by atoms with Crippen LogP contribution in [0.5, 0.6) is 5.75 Å². The average Bonchev–Trinajstić information content (AvgIpc) is 3.03. The first-order valence-electron chi connectivity index (χ1n) is 11.2. The van der Waals surface area contributed by atoms with Crippen LogP contribution in [0.4, 0.5) is 18.0 Å². The predicted octanol–water partition coefficient (Wildman–Crippen LogP) is 7.11. The van der Waals surface area contributed by atoms with E-state index in [2.05, 4.69) is 38.5 Å². The summed E-state index contributed by atoms with van der Waals surface area (Å²) in [7, 11) is 0. The molecule has 0 radical (unpaired) electrons. The van der Waals surface area contributed by atoms with Crippen LogP contribution in [0.15, 0.2) is 30.3 Å². The number of fused-ring (bicyclic) bond motifs is 1. The van der Waals surface area contributed by atoms with Crippen LogP contribution in [0.3, 0.4) is 0 Å². The summed E-state index contributed by atoms with van der Waals surface area (Å²) in [5.74, 6) is -0.649. The number of rotatable bonds is 4. The van der Waals surface area contributed by atoms with E-state index in [1.807, 2.05) is 13.0 Å². The van der Waals surface area contributed by atoms with Crippen LogP contribution < -0.4 is 4.74 Å². The molecule has 0 bridgehead atoms. The molecule has 1 heterocycles. The largest absolute Gasteiger partial charge is 0.573 e. The van der Waals surface area contributed by atoms with Crippen molar-refractivity contribution in [2.24, 2.45) is 0 Å². The van der Waals surface area contributed by atoms with E-state index in [0.717, 1.165) is 40.6 Å². The molecule has 4 rings (SSSR count). The van der Waals surface area contributed by atoms with Gasteiger partial charge in [0.25, 0.3) is 5.24 Å². The van der Waals surface area contributed by atoms with Gasteiger partial charge in [-0.1, -0.05) is 57.7 Å². The summed E-state index contributed by atoms with van der Waals surface area (Å²) in [4.78, 5) is 24.9. The van der Waals surface area contributed by atoms with Gasteiger partial charge in [-0.25, -0.2) is 0 Å². The second-order valence-electron chi connectivity index (χ2n) is 10.4. The molecule has 4 nitrogen and oxygen atoms in total. The summed E-state index contributed by atoms with van der Waals surface area (Å²) in [5.41, 5.74) is 4.51. The fourth-order valence-electron chi connectivity index (χ4n) is 4.83. The van der Waals surface area contributed by atoms with Gasteiger partial charge < -0.3 is 4.74 Å². The zero-order valence-electron chi connectivity index (χ0n) is 19.9. The van der Waals surface area contributed by atoms with Gasteiger partial charge in [0.2, 0.25) is 5.91 Å². The normalized spacial score (nSPS) is 19.4. The Bertz CT molecular complexity index is 1150. The van der Waals surface area contributed by atoms with Gasteiger partial charge in [-0.2, -0.15) is 0 Å². The minimum absolute atomic E-state index is 0.0177. The van der Waals surface area contributed by atoms with Gasteiger partial charge in [0.1, 0.15) is 5.75 Å². The highest BCUT2D eigenvalue weighted by Gasteiger charge is 2.38. The fraction of sp³-hybridized carbons (Fsp3) is 0.462. The molecule has 2 aromatic rings. The quantitative estimate of drug-likeness (QED) is 0.457. The third-order valence-electron chi connectivity index (χ3n) is 6.94. The topological polar surface area (TPSA) is 46.6 Å². The minimum atomic E-state index is -4.88. The number of hydrogen-bond donors (Lipinski definition) is 0. The number of imide groups is 1. The van der Waals surface area contributed by atoms with Crippen molar-refractivity contribution in [1.82, 2.24) is 4.90 Å². The van der Waals surface area contributed by atoms with E-state index < -0.39 is 11.6 Å². The second-order valence-corrected chi connectivity index (χ2v) is 11.3. The first-order valence-corrected chi connectivity index (χ1v) is 12.2. The molecular weight excluding hydrogens is 463 g/mol. The smallest absolute Gasteiger partial charge is 0.405 e. The molecular formula is C26H28F3NO3S. The summed E-state index contributed by atoms with van der Waals surface area (Å²) in [6, 6.07) is 8.62. The lowest BCUT2D eigenvalue weighted by atomic mass is 9.62. The zero-order valence-corrected chi connectivity index (χ0v) is 20.7. The second kappa shape index (κ2) is 8.33. The van der Waals surface area contributed by atoms with Crippen molar-refractivity contribution in [1.29, 1.82) is 0 Å². The van der Waals surface area contributed by atoms with E-state index in [9.17, 15) is 22.8 Å². The number of aryl methyl sites for hydroxylation is 1. The van der Waals surface area contributed by atoms with E-state index in [1.165, 1.54) is 11.6 Å². The molecule has 1 aliphatic carbocycles. The highest BCUT2D eigenvalue weighted by molar-refractivity contribution is 8.14. The SMILES string of the molecule is Cc1cc2c(cc1-c1ccc(CN3C(=O)CSC3=O)cc1OC(F)(F)F)C(C)(C)CCC2(C)C. The monoisotopic (exact) mass is 491 g/mol. The van der Waals surface area contributed by atoms with E-state index in [-0.39, 0.29) is 34.8 Å². The zero-order chi connectivity index (χ0) is 25.1. The van der Waals surface area contributed by atoms with Crippen LogP contribution >= 0.6 is 11.8 Å². The van der Waals surface area contributed by atoms with E-state index in [4.69, 9.17) is 0 Å². The van der Waals surface area contributed by atoms with Crippen molar-refractivity contribution in [3.8, 4) is 16.9 Å². The van der Waals surface area contributed by atoms with Crippen LogP contribution in [-0.2, 0) is 22.2 Å². The first-order chi connectivity index (χ1) is 15.7. The molecule has 0 unspecified atom stereocenters. The minimum Gasteiger partial charge on any atom is -0.405 e. The van der Waals surface area contributed by atoms with E-state index in [0.29, 0.717) is 16.7 Å². The van der Waals surface area contributed by atoms with Crippen molar-refractivity contribution in [2.45, 2.75) is 71.2 Å². The maximum atomic E-state index is 13.4. The van der Waals surface area contributed by atoms with Gasteiger partial charge in [0, 0.05) is 5.56 Å². The standard InChI is InChI=1S/C26H28F3NO3S/c1-15-10-19-20(25(4,5)9-8-24(19,2)3)12-18(15)17-7-6-16(11-21(17)33-26(27,28)29)13-30-22(31)14-34-23(30)32/h6-7,10-12H,8-9,13-14H2,1-5H3. The third kappa shape index (κ3) is 4.69. The molecule has 1 saturated heterocycles. The van der Waals surface area contributed by atoms with Crippen LogP contribution in [0.25, 0.3) is 11.1 Å². The molecule has 0 atom stereocenters. The molecule has 182 valence electrons. The van der Waals surface area contributed by atoms with Crippen molar-refractivity contribution in [2.75, 3.05) is 5.75 Å². The average molecular weight is 492 g/mol. The molecule has 0 N–H and O–H groups in total. The van der Waals surface area contributed by atoms with Gasteiger partial charge in [-0.15, -0.1) is 13.2 Å². The van der Waals surface area contributed by atoms with Crippen LogP contribution in [0.2, 0.25) is 0 Å². The Hall–Kier alpha value is -2.48. The molecule has 34 heavy (non-hydrogen) atoms. The number of carbonyl (C=O) groups is 2. The van der Waals surface area contributed by atoms with Crippen LogP contribution in [0.1, 0.15) is 62.8 Å². The van der Waals surface area contributed by atoms with Crippen LogP contribution in [-0.4, -0.2) is 28.2 Å². The maximum absolute atomic E-state index is 13.4. The van der Waals surface area contributed by atoms with E-state index in [1.54, 1.807) is 12.1 Å². The summed E-state index contributed by atoms with van der Waals surface area (Å²) in [6.07, 6.45) is -2.86. The summed E-state index contributed by atoms with van der Waals surface area (Å²) < 4.78 is 44.5. The number of amides is 2. The van der Waals surface area contributed by atoms with E-state index >= 15 is 0 Å². The molecule has 0 saturated carbocycles. The number of hydrogen-bond acceptors (Lipinski definition) is 4. The highest BCUT2D eigenvalue weighted by Crippen LogP contribution is 2.48. The van der Waals surface area contributed by atoms with Crippen molar-refractivity contribution >= 4 is 22.9 Å². The predicted molar refractivity (Wildman–Crippen MR) is 127 cm³/mol. The molecule has 1 aliphatic heterocycles. The Morgan fingerprint density at radius 1 is 0.971 bits per heavy atom. The Morgan fingerprint density at radius 2 is 1.59 bits per heavy atom. The molecule has 8 heteroatoms. The number of alkyl halides is 3. The number of carbonyl (C=O) groups excluding carboxylic acids is 2. The lowest BCUT2D eigenvalue weighted by Gasteiger charge is -2.42. The van der Waals surface area contributed by atoms with Gasteiger partial charge in [0.05, 0.1) is 12.3 Å².